The number of methoxy groups -OCH3 is 1. The van der Waals surface area contributed by atoms with Crippen LogP contribution in [0.3, 0.4) is 0 Å². The van der Waals surface area contributed by atoms with Gasteiger partial charge in [0.05, 0.1) is 18.6 Å². The lowest BCUT2D eigenvalue weighted by atomic mass is 10.3. The molecule has 0 radical (unpaired) electrons. The van der Waals surface area contributed by atoms with Crippen molar-refractivity contribution in [1.82, 2.24) is 25.5 Å². The van der Waals surface area contributed by atoms with Crippen molar-refractivity contribution in [3.63, 3.8) is 0 Å². The number of nitrogens with one attached hydrogen (secondary N) is 1. The maximum absolute atomic E-state index is 12.0. The van der Waals surface area contributed by atoms with Gasteiger partial charge < -0.3 is 10.1 Å². The lowest BCUT2D eigenvalue weighted by molar-refractivity contribution is -0.136. The first-order valence-corrected chi connectivity index (χ1v) is 7.26. The fourth-order valence-electron chi connectivity index (χ4n) is 1.53. The SMILES string of the molecule is COc1ccc(-n2nnnc2SCC(=O)NCC(F)(F)F)cc1. The van der Waals surface area contributed by atoms with Crippen LogP contribution in [0.4, 0.5) is 13.2 Å². The van der Waals surface area contributed by atoms with Gasteiger partial charge >= 0.3 is 6.18 Å². The van der Waals surface area contributed by atoms with Gasteiger partial charge in [-0.1, -0.05) is 11.8 Å². The van der Waals surface area contributed by atoms with Crippen LogP contribution in [-0.4, -0.2) is 51.7 Å². The molecule has 2 aromatic rings. The van der Waals surface area contributed by atoms with E-state index in [1.807, 2.05) is 0 Å². The van der Waals surface area contributed by atoms with E-state index in [-0.39, 0.29) is 10.9 Å². The number of thioether (sulfide) groups is 1. The summed E-state index contributed by atoms with van der Waals surface area (Å²) in [7, 11) is 1.53. The largest absolute Gasteiger partial charge is 0.497 e. The fraction of sp³-hybridized carbons (Fsp3) is 0.333. The molecule has 0 saturated carbocycles. The molecule has 7 nitrogen and oxygen atoms in total. The maximum atomic E-state index is 12.0. The van der Waals surface area contributed by atoms with Crippen LogP contribution in [-0.2, 0) is 4.79 Å². The van der Waals surface area contributed by atoms with Gasteiger partial charge in [0.2, 0.25) is 11.1 Å². The Hall–Kier alpha value is -2.30. The first-order valence-electron chi connectivity index (χ1n) is 6.28. The summed E-state index contributed by atoms with van der Waals surface area (Å²) in [6.45, 7) is -1.37. The molecule has 11 heteroatoms. The van der Waals surface area contributed by atoms with Gasteiger partial charge in [0.15, 0.2) is 0 Å². The van der Waals surface area contributed by atoms with Gasteiger partial charge in [-0.3, -0.25) is 4.79 Å². The number of alkyl halides is 3. The van der Waals surface area contributed by atoms with E-state index in [4.69, 9.17) is 4.74 Å². The molecule has 1 aromatic carbocycles. The van der Waals surface area contributed by atoms with E-state index < -0.39 is 18.6 Å². The molecule has 0 aliphatic heterocycles. The van der Waals surface area contributed by atoms with Crippen LogP contribution in [0.1, 0.15) is 0 Å². The number of aromatic nitrogens is 4. The van der Waals surface area contributed by atoms with E-state index in [9.17, 15) is 18.0 Å². The van der Waals surface area contributed by atoms with Crippen molar-refractivity contribution >= 4 is 17.7 Å². The highest BCUT2D eigenvalue weighted by Gasteiger charge is 2.27. The molecule has 23 heavy (non-hydrogen) atoms. The number of amides is 1. The summed E-state index contributed by atoms with van der Waals surface area (Å²) in [5, 5.41) is 13.1. The molecule has 1 heterocycles. The second-order valence-corrected chi connectivity index (χ2v) is 5.19. The van der Waals surface area contributed by atoms with E-state index in [1.165, 1.54) is 11.8 Å². The summed E-state index contributed by atoms with van der Waals surface area (Å²) >= 11 is 0.933. The molecule has 1 amide bonds. The van der Waals surface area contributed by atoms with E-state index in [0.29, 0.717) is 11.4 Å². The molecule has 1 aromatic heterocycles. The van der Waals surface area contributed by atoms with Crippen molar-refractivity contribution in [3.05, 3.63) is 24.3 Å². The number of rotatable bonds is 6. The zero-order chi connectivity index (χ0) is 16.9. The Bertz CT molecular complexity index is 659. The van der Waals surface area contributed by atoms with Crippen LogP contribution in [0.5, 0.6) is 5.75 Å². The van der Waals surface area contributed by atoms with Crippen LogP contribution in [0.15, 0.2) is 29.4 Å². The molecule has 0 bridgehead atoms. The highest BCUT2D eigenvalue weighted by molar-refractivity contribution is 7.99. The zero-order valence-electron chi connectivity index (χ0n) is 11.9. The number of benzene rings is 1. The van der Waals surface area contributed by atoms with Gasteiger partial charge in [0.1, 0.15) is 12.3 Å². The van der Waals surface area contributed by atoms with Crippen LogP contribution in [0.25, 0.3) is 5.69 Å². The second kappa shape index (κ2) is 7.31. The third-order valence-corrected chi connectivity index (χ3v) is 3.50. The van der Waals surface area contributed by atoms with Gasteiger partial charge in [-0.15, -0.1) is 5.10 Å². The number of nitrogens with zero attached hydrogens (tertiary/aromatic N) is 4. The summed E-state index contributed by atoms with van der Waals surface area (Å²) in [4.78, 5) is 11.4. The van der Waals surface area contributed by atoms with Crippen LogP contribution in [0.2, 0.25) is 0 Å². The van der Waals surface area contributed by atoms with Gasteiger partial charge in [-0.05, 0) is 34.7 Å². The monoisotopic (exact) mass is 347 g/mol. The zero-order valence-corrected chi connectivity index (χ0v) is 12.7. The normalized spacial score (nSPS) is 11.3. The predicted octanol–water partition coefficient (Wildman–Crippen LogP) is 1.44. The highest BCUT2D eigenvalue weighted by atomic mass is 32.2. The predicted molar refractivity (Wildman–Crippen MR) is 75.5 cm³/mol. The number of ether oxygens (including phenoxy) is 1. The summed E-state index contributed by atoms with van der Waals surface area (Å²) in [5.41, 5.74) is 0.633. The Labute approximate surface area is 133 Å². The Kier molecular flexibility index (Phi) is 5.42. The topological polar surface area (TPSA) is 81.9 Å². The Balaban J connectivity index is 1.97. The molecular weight excluding hydrogens is 335 g/mol. The number of carbonyl (C=O) groups is 1. The molecular formula is C12H12F3N5O2S. The molecule has 2 rings (SSSR count). The number of tetrazole rings is 1. The van der Waals surface area contributed by atoms with Crippen molar-refractivity contribution < 1.29 is 22.7 Å². The minimum Gasteiger partial charge on any atom is -0.497 e. The smallest absolute Gasteiger partial charge is 0.405 e. The Morgan fingerprint density at radius 3 is 2.65 bits per heavy atom. The van der Waals surface area contributed by atoms with Gasteiger partial charge in [0, 0.05) is 0 Å². The summed E-state index contributed by atoms with van der Waals surface area (Å²) in [6.07, 6.45) is -4.44. The van der Waals surface area contributed by atoms with Crippen molar-refractivity contribution in [3.8, 4) is 11.4 Å². The average Bonchev–Trinajstić information content (AvgIpc) is 2.99. The minimum atomic E-state index is -4.44. The lowest BCUT2D eigenvalue weighted by Crippen LogP contribution is -2.34. The van der Waals surface area contributed by atoms with Crippen molar-refractivity contribution in [2.75, 3.05) is 19.4 Å². The molecule has 0 fully saturated rings. The lowest BCUT2D eigenvalue weighted by Gasteiger charge is -2.08. The van der Waals surface area contributed by atoms with E-state index in [2.05, 4.69) is 15.5 Å². The molecule has 0 atom stereocenters. The minimum absolute atomic E-state index is 0.230. The molecule has 0 unspecified atom stereocenters. The van der Waals surface area contributed by atoms with E-state index in [1.54, 1.807) is 29.6 Å². The van der Waals surface area contributed by atoms with Crippen molar-refractivity contribution in [2.24, 2.45) is 0 Å². The summed E-state index contributed by atoms with van der Waals surface area (Å²) < 4.78 is 42.4. The van der Waals surface area contributed by atoms with Gasteiger partial charge in [-0.2, -0.15) is 17.9 Å². The van der Waals surface area contributed by atoms with Crippen LogP contribution >= 0.6 is 11.8 Å². The van der Waals surface area contributed by atoms with Gasteiger partial charge in [-0.25, -0.2) is 0 Å². The fourth-order valence-corrected chi connectivity index (χ4v) is 2.26. The summed E-state index contributed by atoms with van der Waals surface area (Å²) in [5.74, 6) is -0.328. The highest BCUT2D eigenvalue weighted by Crippen LogP contribution is 2.20. The van der Waals surface area contributed by atoms with Crippen molar-refractivity contribution in [2.45, 2.75) is 11.3 Å². The third-order valence-electron chi connectivity index (χ3n) is 2.58. The number of hydrogen-bond acceptors (Lipinski definition) is 6. The quantitative estimate of drug-likeness (QED) is 0.797. The van der Waals surface area contributed by atoms with E-state index in [0.717, 1.165) is 11.8 Å². The Morgan fingerprint density at radius 1 is 1.35 bits per heavy atom. The number of carbonyl (C=O) groups excluding carboxylic acids is 1. The molecule has 0 aliphatic rings. The molecule has 0 aliphatic carbocycles. The first kappa shape index (κ1) is 17.1. The standard InChI is InChI=1S/C12H12F3N5O2S/c1-22-9-4-2-8(3-5-9)20-11(17-18-19-20)23-6-10(21)16-7-12(13,14)15/h2-5H,6-7H2,1H3,(H,16,21). The summed E-state index contributed by atoms with van der Waals surface area (Å²) in [6, 6.07) is 6.84. The van der Waals surface area contributed by atoms with Crippen molar-refractivity contribution in [1.29, 1.82) is 0 Å². The maximum Gasteiger partial charge on any atom is 0.405 e. The molecule has 0 saturated heterocycles. The second-order valence-electron chi connectivity index (χ2n) is 4.25. The number of halogens is 3. The van der Waals surface area contributed by atoms with Gasteiger partial charge in [0.25, 0.3) is 0 Å². The van der Waals surface area contributed by atoms with Crippen LogP contribution in [0, 0.1) is 0 Å². The van der Waals surface area contributed by atoms with E-state index >= 15 is 0 Å². The van der Waals surface area contributed by atoms with Crippen LogP contribution < -0.4 is 10.1 Å². The Morgan fingerprint density at radius 2 is 2.04 bits per heavy atom. The number of hydrogen-bond donors (Lipinski definition) is 1. The first-order chi connectivity index (χ1) is 10.9. The third kappa shape index (κ3) is 5.13. The molecule has 0 spiro atoms. The molecule has 1 N–H and O–H groups in total. The molecule has 124 valence electrons. The average molecular weight is 347 g/mol.